The average molecular weight is 189 g/mol. The van der Waals surface area contributed by atoms with Gasteiger partial charge in [-0.1, -0.05) is 0 Å². The second kappa shape index (κ2) is 4.56. The van der Waals surface area contributed by atoms with Gasteiger partial charge in [0.15, 0.2) is 0 Å². The fraction of sp³-hybridized carbons (Fsp3) is 0.143. The van der Waals surface area contributed by atoms with Crippen molar-refractivity contribution in [2.45, 2.75) is 6.92 Å². The van der Waals surface area contributed by atoms with Gasteiger partial charge in [-0.25, -0.2) is 4.79 Å². The van der Waals surface area contributed by atoms with Crippen molar-refractivity contribution < 1.29 is 9.90 Å². The number of rotatable bonds is 1. The number of pyridine rings is 1. The number of carboxylic acid groups (broad SMARTS) is 1. The molecule has 1 aromatic rings. The van der Waals surface area contributed by atoms with Crippen LogP contribution in [-0.4, -0.2) is 16.2 Å². The Morgan fingerprint density at radius 3 is 2.67 bits per heavy atom. The molecule has 5 heteroatoms. The molecule has 0 spiro atoms. The summed E-state index contributed by atoms with van der Waals surface area (Å²) in [6.07, 6.45) is 0.402. The van der Waals surface area contributed by atoms with Gasteiger partial charge in [0.2, 0.25) is 0 Å². The van der Waals surface area contributed by atoms with Gasteiger partial charge in [0.1, 0.15) is 0 Å². The molecule has 0 unspecified atom stereocenters. The Morgan fingerprint density at radius 2 is 2.25 bits per heavy atom. The lowest BCUT2D eigenvalue weighted by Crippen LogP contribution is -2.07. The lowest BCUT2D eigenvalue weighted by molar-refractivity contribution is 0.209. The highest BCUT2D eigenvalue weighted by molar-refractivity contribution is 5.85. The van der Waals surface area contributed by atoms with Crippen LogP contribution in [0.5, 0.6) is 0 Å². The van der Waals surface area contributed by atoms with Crippen molar-refractivity contribution in [2.75, 3.05) is 5.32 Å². The summed E-state index contributed by atoms with van der Waals surface area (Å²) in [5.41, 5.74) is 1.35. The second-order valence-corrected chi connectivity index (χ2v) is 2.12. The number of nitrogens with one attached hydrogen (secondary N) is 1. The van der Waals surface area contributed by atoms with E-state index in [9.17, 15) is 4.79 Å². The van der Waals surface area contributed by atoms with E-state index in [1.54, 1.807) is 12.1 Å². The molecule has 66 valence electrons. The van der Waals surface area contributed by atoms with Crippen LogP contribution in [0, 0.1) is 6.92 Å². The monoisotopic (exact) mass is 188 g/mol. The number of carbonyl (C=O) groups is 1. The Kier molecular flexibility index (Phi) is 4.07. The number of anilines is 1. The first-order valence-electron chi connectivity index (χ1n) is 3.11. The quantitative estimate of drug-likeness (QED) is 0.708. The molecule has 0 saturated heterocycles. The van der Waals surface area contributed by atoms with Crippen LogP contribution >= 0.6 is 12.4 Å². The van der Waals surface area contributed by atoms with Crippen molar-refractivity contribution in [3.8, 4) is 0 Å². The third-order valence-corrected chi connectivity index (χ3v) is 1.16. The van der Waals surface area contributed by atoms with Crippen LogP contribution in [0.1, 0.15) is 5.69 Å². The summed E-state index contributed by atoms with van der Waals surface area (Å²) >= 11 is 0. The molecule has 0 radical (unpaired) electrons. The summed E-state index contributed by atoms with van der Waals surface area (Å²) in [6.45, 7) is 1.84. The molecule has 1 amide bonds. The van der Waals surface area contributed by atoms with Crippen molar-refractivity contribution in [1.29, 1.82) is 0 Å². The van der Waals surface area contributed by atoms with Gasteiger partial charge in [0, 0.05) is 5.69 Å². The van der Waals surface area contributed by atoms with E-state index >= 15 is 0 Å². The fourth-order valence-electron chi connectivity index (χ4n) is 0.665. The van der Waals surface area contributed by atoms with E-state index < -0.39 is 6.09 Å². The van der Waals surface area contributed by atoms with Gasteiger partial charge in [-0.15, -0.1) is 12.4 Å². The van der Waals surface area contributed by atoms with Crippen molar-refractivity contribution in [1.82, 2.24) is 4.98 Å². The third kappa shape index (κ3) is 3.21. The molecule has 0 atom stereocenters. The normalized spacial score (nSPS) is 8.42. The largest absolute Gasteiger partial charge is 0.465 e. The molecule has 4 nitrogen and oxygen atoms in total. The molecule has 0 fully saturated rings. The Balaban J connectivity index is 0.00000121. The number of aryl methyl sites for hydroxylation is 1. The van der Waals surface area contributed by atoms with Crippen LogP contribution in [0.25, 0.3) is 0 Å². The van der Waals surface area contributed by atoms with Gasteiger partial charge in [-0.2, -0.15) is 0 Å². The molecule has 12 heavy (non-hydrogen) atoms. The molecule has 2 N–H and O–H groups in total. The molecular weight excluding hydrogens is 180 g/mol. The maximum Gasteiger partial charge on any atom is 0.409 e. The maximum atomic E-state index is 10.1. The lowest BCUT2D eigenvalue weighted by Gasteiger charge is -1.98. The highest BCUT2D eigenvalue weighted by Gasteiger charge is 1.95. The van der Waals surface area contributed by atoms with E-state index in [0.29, 0.717) is 5.69 Å². The van der Waals surface area contributed by atoms with Crippen LogP contribution in [0.2, 0.25) is 0 Å². The number of amides is 1. The minimum atomic E-state index is -1.07. The van der Waals surface area contributed by atoms with E-state index in [1.807, 2.05) is 6.92 Å². The SMILES string of the molecule is Cc1ccc(NC(=O)O)cn1.Cl. The van der Waals surface area contributed by atoms with Crippen molar-refractivity contribution >= 4 is 24.2 Å². The van der Waals surface area contributed by atoms with Crippen LogP contribution in [0.15, 0.2) is 18.3 Å². The molecule has 0 aliphatic heterocycles. The number of hydrogen-bond donors (Lipinski definition) is 2. The summed E-state index contributed by atoms with van der Waals surface area (Å²) < 4.78 is 0. The molecule has 0 aromatic carbocycles. The maximum absolute atomic E-state index is 10.1. The Labute approximate surface area is 76.0 Å². The Hall–Kier alpha value is -1.29. The van der Waals surface area contributed by atoms with E-state index in [-0.39, 0.29) is 12.4 Å². The number of halogens is 1. The number of aromatic nitrogens is 1. The topological polar surface area (TPSA) is 62.2 Å². The standard InChI is InChI=1S/C7H8N2O2.ClH/c1-5-2-3-6(4-8-5)9-7(10)11;/h2-4,9H,1H3,(H,10,11);1H. The zero-order valence-electron chi connectivity index (χ0n) is 6.44. The van der Waals surface area contributed by atoms with Gasteiger partial charge in [0.25, 0.3) is 0 Å². The first kappa shape index (κ1) is 10.7. The van der Waals surface area contributed by atoms with Crippen molar-refractivity contribution in [2.24, 2.45) is 0 Å². The number of hydrogen-bond acceptors (Lipinski definition) is 2. The van der Waals surface area contributed by atoms with Gasteiger partial charge in [0.05, 0.1) is 11.9 Å². The summed E-state index contributed by atoms with van der Waals surface area (Å²) in [4.78, 5) is 14.0. The minimum Gasteiger partial charge on any atom is -0.465 e. The van der Waals surface area contributed by atoms with Gasteiger partial charge >= 0.3 is 6.09 Å². The minimum absolute atomic E-state index is 0. The van der Waals surface area contributed by atoms with E-state index in [0.717, 1.165) is 5.69 Å². The van der Waals surface area contributed by atoms with Gasteiger partial charge in [-0.05, 0) is 19.1 Å². The number of nitrogens with zero attached hydrogens (tertiary/aromatic N) is 1. The van der Waals surface area contributed by atoms with E-state index in [4.69, 9.17) is 5.11 Å². The zero-order valence-corrected chi connectivity index (χ0v) is 7.26. The molecular formula is C7H9ClN2O2. The van der Waals surface area contributed by atoms with Crippen LogP contribution in [0.4, 0.5) is 10.5 Å². The predicted octanol–water partition coefficient (Wildman–Crippen LogP) is 1.90. The molecule has 0 aliphatic carbocycles. The van der Waals surface area contributed by atoms with Gasteiger partial charge in [-0.3, -0.25) is 10.3 Å². The van der Waals surface area contributed by atoms with Crippen LogP contribution in [-0.2, 0) is 0 Å². The second-order valence-electron chi connectivity index (χ2n) is 2.12. The molecule has 0 saturated carbocycles. The molecule has 1 heterocycles. The Morgan fingerprint density at radius 1 is 1.58 bits per heavy atom. The fourth-order valence-corrected chi connectivity index (χ4v) is 0.665. The van der Waals surface area contributed by atoms with Crippen molar-refractivity contribution in [3.63, 3.8) is 0 Å². The van der Waals surface area contributed by atoms with E-state index in [2.05, 4.69) is 10.3 Å². The summed E-state index contributed by atoms with van der Waals surface area (Å²) in [5, 5.41) is 10.5. The molecule has 0 bridgehead atoms. The van der Waals surface area contributed by atoms with Crippen molar-refractivity contribution in [3.05, 3.63) is 24.0 Å². The highest BCUT2D eigenvalue weighted by Crippen LogP contribution is 2.04. The predicted molar refractivity (Wildman–Crippen MR) is 47.9 cm³/mol. The Bertz CT molecular complexity index is 261. The van der Waals surface area contributed by atoms with Crippen LogP contribution in [0.3, 0.4) is 0 Å². The first-order valence-corrected chi connectivity index (χ1v) is 3.11. The summed E-state index contributed by atoms with van der Waals surface area (Å²) in [5.74, 6) is 0. The molecule has 0 aliphatic rings. The van der Waals surface area contributed by atoms with Gasteiger partial charge < -0.3 is 5.11 Å². The summed E-state index contributed by atoms with van der Waals surface area (Å²) in [7, 11) is 0. The molecule has 1 rings (SSSR count). The van der Waals surface area contributed by atoms with E-state index in [1.165, 1.54) is 6.20 Å². The lowest BCUT2D eigenvalue weighted by atomic mass is 10.3. The van der Waals surface area contributed by atoms with Crippen LogP contribution < -0.4 is 5.32 Å². The average Bonchev–Trinajstić information content (AvgIpc) is 1.93. The summed E-state index contributed by atoms with van der Waals surface area (Å²) in [6, 6.07) is 3.40. The first-order chi connectivity index (χ1) is 5.18. The zero-order chi connectivity index (χ0) is 8.27. The smallest absolute Gasteiger partial charge is 0.409 e. The molecule has 1 aromatic heterocycles. The third-order valence-electron chi connectivity index (χ3n) is 1.16. The highest BCUT2D eigenvalue weighted by atomic mass is 35.5.